The summed E-state index contributed by atoms with van der Waals surface area (Å²) in [4.78, 5) is -0.368. The molecule has 0 saturated heterocycles. The van der Waals surface area contributed by atoms with E-state index in [1.54, 1.807) is 0 Å². The van der Waals surface area contributed by atoms with E-state index in [1.165, 1.54) is 36.3 Å². The average molecular weight is 198 g/mol. The van der Waals surface area contributed by atoms with E-state index < -0.39 is 32.7 Å². The SMILES string of the molecule is [2H]C([2H])([2H])N(C([2H])([2H])C#C)[C@]([2H])(C([2H])([2H])[2H])C([2H])([2H])c1ccccc1. The molecule has 0 aromatic heterocycles. The number of hydrogen-bond donors (Lipinski definition) is 0. The third kappa shape index (κ3) is 3.24. The van der Waals surface area contributed by atoms with Gasteiger partial charge in [0.05, 0.1) is 9.24 Å². The van der Waals surface area contributed by atoms with Crippen molar-refractivity contribution in [2.45, 2.75) is 19.2 Å². The predicted molar refractivity (Wildman–Crippen MR) is 61.1 cm³/mol. The van der Waals surface area contributed by atoms with E-state index in [9.17, 15) is 0 Å². The molecule has 0 amide bonds. The molecule has 0 saturated carbocycles. The van der Waals surface area contributed by atoms with Crippen LogP contribution in [0.15, 0.2) is 30.3 Å². The molecule has 1 atom stereocenters. The highest BCUT2D eigenvalue weighted by atomic mass is 15.1. The average Bonchev–Trinajstić information content (AvgIpc) is 2.45. The lowest BCUT2D eigenvalue weighted by Crippen LogP contribution is -2.31. The molecular formula is C13H17N. The lowest BCUT2D eigenvalue weighted by molar-refractivity contribution is 0.287. The van der Waals surface area contributed by atoms with E-state index in [4.69, 9.17) is 21.5 Å². The summed E-state index contributed by atoms with van der Waals surface area (Å²) in [5, 5.41) is 0. The van der Waals surface area contributed by atoms with Crippen molar-refractivity contribution in [3.8, 4) is 12.3 Å². The van der Waals surface area contributed by atoms with Gasteiger partial charge in [0.15, 0.2) is 0 Å². The summed E-state index contributed by atoms with van der Waals surface area (Å²) in [6.07, 6.45) is 1.92. The quantitative estimate of drug-likeness (QED) is 0.670. The Morgan fingerprint density at radius 1 is 1.64 bits per heavy atom. The molecule has 0 radical (unpaired) electrons. The summed E-state index contributed by atoms with van der Waals surface area (Å²) in [6, 6.07) is 3.16. The highest BCUT2D eigenvalue weighted by molar-refractivity contribution is 5.15. The second kappa shape index (κ2) is 5.47. The van der Waals surface area contributed by atoms with Crippen molar-refractivity contribution in [2.24, 2.45) is 0 Å². The molecule has 14 heavy (non-hydrogen) atoms. The van der Waals surface area contributed by atoms with Gasteiger partial charge in [0.2, 0.25) is 0 Å². The van der Waals surface area contributed by atoms with Gasteiger partial charge in [-0.2, -0.15) is 0 Å². The molecular weight excluding hydrogens is 170 g/mol. The fourth-order valence-corrected chi connectivity index (χ4v) is 0.835. The monoisotopic (exact) mass is 198 g/mol. The summed E-state index contributed by atoms with van der Waals surface area (Å²) >= 11 is 0. The Morgan fingerprint density at radius 2 is 2.43 bits per heavy atom. The molecule has 0 heterocycles. The van der Waals surface area contributed by atoms with Gasteiger partial charge in [0, 0.05) is 18.4 Å². The minimum absolute atomic E-state index is 0.289. The standard InChI is InChI=1S/C13H17N/c1-4-10-14(3)12(2)11-13-8-6-5-7-9-13/h1,5-9,12H,10-11H2,2-3H3/t12-/m1/s1/i2D3,3D3,10D2,11D2,12D. The van der Waals surface area contributed by atoms with E-state index in [-0.39, 0.29) is 10.5 Å². The highest BCUT2D eigenvalue weighted by Gasteiger charge is 2.07. The Hall–Kier alpha value is -1.26. The van der Waals surface area contributed by atoms with Crippen molar-refractivity contribution in [3.63, 3.8) is 0 Å². The molecule has 0 unspecified atom stereocenters. The van der Waals surface area contributed by atoms with Gasteiger partial charge in [-0.3, -0.25) is 4.90 Å². The topological polar surface area (TPSA) is 3.24 Å². The molecule has 1 rings (SSSR count). The Bertz CT molecular complexity index is 641. The first kappa shape index (κ1) is 3.12. The van der Waals surface area contributed by atoms with Crippen LogP contribution in [0.2, 0.25) is 0 Å². The van der Waals surface area contributed by atoms with Gasteiger partial charge in [0.25, 0.3) is 0 Å². The summed E-state index contributed by atoms with van der Waals surface area (Å²) < 4.78 is 85.7. The lowest BCUT2D eigenvalue weighted by Gasteiger charge is -2.22. The summed E-state index contributed by atoms with van der Waals surface area (Å²) in [5.41, 5.74) is -0.289. The fraction of sp³-hybridized carbons (Fsp3) is 0.385. The van der Waals surface area contributed by atoms with Crippen LogP contribution < -0.4 is 0 Å². The molecule has 1 nitrogen and oxygen atoms in total. The third-order valence-corrected chi connectivity index (χ3v) is 1.44. The van der Waals surface area contributed by atoms with Gasteiger partial charge in [-0.15, -0.1) is 6.42 Å². The molecule has 74 valence electrons. The Kier molecular flexibility index (Phi) is 1.22. The van der Waals surface area contributed by atoms with Gasteiger partial charge >= 0.3 is 0 Å². The Balaban J connectivity index is 3.86. The molecule has 0 spiro atoms. The largest absolute Gasteiger partial charge is 0.292 e. The van der Waals surface area contributed by atoms with Gasteiger partial charge in [-0.1, -0.05) is 36.3 Å². The Labute approximate surface area is 102 Å². The molecule has 0 aliphatic carbocycles. The minimum Gasteiger partial charge on any atom is -0.292 e. The first-order valence-corrected chi connectivity index (χ1v) is 3.87. The first-order chi connectivity index (χ1) is 11.0. The maximum Gasteiger partial charge on any atom is 0.0598 e. The van der Waals surface area contributed by atoms with Gasteiger partial charge < -0.3 is 0 Å². The van der Waals surface area contributed by atoms with Gasteiger partial charge in [-0.25, -0.2) is 0 Å². The van der Waals surface area contributed by atoms with Crippen LogP contribution in [0, 0.1) is 12.3 Å². The third-order valence-electron chi connectivity index (χ3n) is 1.44. The molecule has 0 bridgehead atoms. The van der Waals surface area contributed by atoms with Crippen molar-refractivity contribution in [2.75, 3.05) is 13.5 Å². The molecule has 0 aliphatic rings. The Morgan fingerprint density at radius 3 is 3.00 bits per heavy atom. The summed E-state index contributed by atoms with van der Waals surface area (Å²) in [7, 11) is 0. The van der Waals surface area contributed by atoms with E-state index in [0.717, 1.165) is 0 Å². The second-order valence-electron chi connectivity index (χ2n) is 2.43. The number of hydrogen-bond acceptors (Lipinski definition) is 1. The van der Waals surface area contributed by atoms with Crippen molar-refractivity contribution in [1.82, 2.24) is 4.90 Å². The van der Waals surface area contributed by atoms with Crippen LogP contribution >= 0.6 is 0 Å². The summed E-state index contributed by atoms with van der Waals surface area (Å²) in [5.74, 6) is 1.51. The summed E-state index contributed by atoms with van der Waals surface area (Å²) in [6.45, 7) is -10.3. The molecule has 0 fully saturated rings. The van der Waals surface area contributed by atoms with Crippen molar-refractivity contribution in [3.05, 3.63) is 35.9 Å². The minimum atomic E-state index is -3.55. The van der Waals surface area contributed by atoms with Crippen LogP contribution in [0.3, 0.4) is 0 Å². The maximum atomic E-state index is 8.38. The number of nitrogens with zero attached hydrogens (tertiary/aromatic N) is 1. The van der Waals surface area contributed by atoms with Crippen molar-refractivity contribution >= 4 is 0 Å². The van der Waals surface area contributed by atoms with Crippen LogP contribution in [0.4, 0.5) is 0 Å². The number of benzene rings is 1. The van der Waals surface area contributed by atoms with Gasteiger partial charge in [0.1, 0.15) is 0 Å². The van der Waals surface area contributed by atoms with Crippen LogP contribution in [0.5, 0.6) is 0 Å². The molecule has 1 aromatic rings. The first-order valence-electron chi connectivity index (χ1n) is 9.37. The van der Waals surface area contributed by atoms with E-state index in [2.05, 4.69) is 0 Å². The number of terminal acetylenes is 1. The van der Waals surface area contributed by atoms with E-state index in [1.807, 2.05) is 0 Å². The normalized spacial score (nSPS) is 30.1. The molecule has 0 N–H and O–H groups in total. The molecule has 1 heteroatoms. The van der Waals surface area contributed by atoms with Crippen LogP contribution in [-0.4, -0.2) is 24.4 Å². The second-order valence-corrected chi connectivity index (χ2v) is 2.43. The zero-order chi connectivity index (χ0) is 19.9. The molecule has 1 aromatic carbocycles. The smallest absolute Gasteiger partial charge is 0.0598 e. The van der Waals surface area contributed by atoms with Gasteiger partial charge in [-0.05, 0) is 25.8 Å². The molecule has 0 aliphatic heterocycles. The van der Waals surface area contributed by atoms with E-state index in [0.29, 0.717) is 0 Å². The number of likely N-dealkylation sites (N-methyl/N-ethyl adjacent to an activating group) is 1. The van der Waals surface area contributed by atoms with Crippen LogP contribution in [-0.2, 0) is 6.37 Å². The zero-order valence-corrected chi connectivity index (χ0v) is 7.41. The zero-order valence-electron chi connectivity index (χ0n) is 18.4. The fourth-order valence-electron chi connectivity index (χ4n) is 0.835. The van der Waals surface area contributed by atoms with Crippen LogP contribution in [0.1, 0.15) is 27.5 Å². The van der Waals surface area contributed by atoms with Crippen molar-refractivity contribution in [1.29, 1.82) is 0 Å². The predicted octanol–water partition coefficient (Wildman–Crippen LogP) is 2.18. The van der Waals surface area contributed by atoms with E-state index >= 15 is 0 Å². The lowest BCUT2D eigenvalue weighted by atomic mass is 10.1. The van der Waals surface area contributed by atoms with Crippen molar-refractivity contribution < 1.29 is 15.1 Å². The highest BCUT2D eigenvalue weighted by Crippen LogP contribution is 2.06. The number of rotatable bonds is 4. The maximum absolute atomic E-state index is 8.38. The van der Waals surface area contributed by atoms with Crippen LogP contribution in [0.25, 0.3) is 0 Å².